The fourth-order valence-electron chi connectivity index (χ4n) is 3.42. The number of benzene rings is 3. The molecule has 0 spiro atoms. The van der Waals surface area contributed by atoms with Crippen LogP contribution < -0.4 is 9.47 Å². The van der Waals surface area contributed by atoms with Crippen molar-refractivity contribution in [1.82, 2.24) is 4.90 Å². The molecule has 0 aliphatic heterocycles. The Hall–Kier alpha value is -2.34. The number of hydrogen-bond donors (Lipinski definition) is 0. The van der Waals surface area contributed by atoms with Crippen LogP contribution in [0.4, 0.5) is 0 Å². The minimum absolute atomic E-state index is 0.0899. The van der Waals surface area contributed by atoms with Crippen LogP contribution in [0.25, 0.3) is 0 Å². The largest absolute Gasteiger partial charge is 0.496 e. The maximum absolute atomic E-state index is 12.9. The van der Waals surface area contributed by atoms with E-state index in [9.17, 15) is 4.79 Å². The molecule has 0 fully saturated rings. The van der Waals surface area contributed by atoms with E-state index in [-0.39, 0.29) is 11.8 Å². The summed E-state index contributed by atoms with van der Waals surface area (Å²) in [6, 6.07) is 16.7. The molecular weight excluding hydrogens is 477 g/mol. The van der Waals surface area contributed by atoms with Crippen LogP contribution in [0, 0.1) is 0 Å². The summed E-state index contributed by atoms with van der Waals surface area (Å²) >= 11 is 14.7. The monoisotopic (exact) mass is 503 g/mol. The molecule has 174 valence electrons. The third-order valence-corrected chi connectivity index (χ3v) is 6.72. The van der Waals surface area contributed by atoms with Crippen LogP contribution in [0.3, 0.4) is 0 Å². The fraction of sp³-hybridized carbons (Fsp3) is 0.269. The smallest absolute Gasteiger partial charge is 0.253 e. The second-order valence-electron chi connectivity index (χ2n) is 7.90. The fourth-order valence-corrected chi connectivity index (χ4v) is 4.33. The molecule has 0 atom stereocenters. The van der Waals surface area contributed by atoms with Crippen LogP contribution >= 0.6 is 35.0 Å². The SMILES string of the molecule is COc1ccc(Oc2c(Cl)ccc(CN(C)C(=O)c3ccc(SC)cc3)c2Cl)cc1C(C)C. The molecule has 0 aromatic heterocycles. The second-order valence-corrected chi connectivity index (χ2v) is 9.56. The Morgan fingerprint density at radius 2 is 1.76 bits per heavy atom. The molecule has 0 bridgehead atoms. The van der Waals surface area contributed by atoms with Crippen molar-refractivity contribution in [2.75, 3.05) is 20.4 Å². The van der Waals surface area contributed by atoms with E-state index in [1.54, 1.807) is 36.9 Å². The number of carbonyl (C=O) groups excluding carboxylic acids is 1. The Labute approximate surface area is 209 Å². The first-order valence-corrected chi connectivity index (χ1v) is 12.4. The van der Waals surface area contributed by atoms with Crippen molar-refractivity contribution < 1.29 is 14.3 Å². The number of carbonyl (C=O) groups is 1. The van der Waals surface area contributed by atoms with Crippen molar-refractivity contribution in [3.8, 4) is 17.2 Å². The van der Waals surface area contributed by atoms with E-state index in [1.807, 2.05) is 54.8 Å². The van der Waals surface area contributed by atoms with Crippen molar-refractivity contribution in [2.45, 2.75) is 31.2 Å². The number of halogens is 2. The third kappa shape index (κ3) is 5.97. The zero-order chi connectivity index (χ0) is 24.1. The summed E-state index contributed by atoms with van der Waals surface area (Å²) in [5, 5.41) is 0.772. The van der Waals surface area contributed by atoms with Gasteiger partial charge in [-0.2, -0.15) is 0 Å². The van der Waals surface area contributed by atoms with Gasteiger partial charge in [0.15, 0.2) is 5.75 Å². The van der Waals surface area contributed by atoms with E-state index in [2.05, 4.69) is 13.8 Å². The molecule has 1 amide bonds. The van der Waals surface area contributed by atoms with Gasteiger partial charge < -0.3 is 14.4 Å². The molecule has 33 heavy (non-hydrogen) atoms. The van der Waals surface area contributed by atoms with E-state index in [0.717, 1.165) is 21.8 Å². The van der Waals surface area contributed by atoms with Gasteiger partial charge in [0, 0.05) is 29.6 Å². The van der Waals surface area contributed by atoms with Crippen LogP contribution in [-0.2, 0) is 6.54 Å². The molecule has 3 aromatic rings. The van der Waals surface area contributed by atoms with Gasteiger partial charge in [0.05, 0.1) is 17.2 Å². The molecular formula is C26H27Cl2NO3S. The standard InChI is InChI=1S/C26H27Cl2NO3S/c1-16(2)21-14-19(9-13-23(21)31-4)32-25-22(27)12-8-18(24(25)28)15-29(3)26(30)17-6-10-20(33-5)11-7-17/h6-14,16H,15H2,1-5H3. The molecule has 0 N–H and O–H groups in total. The molecule has 0 heterocycles. The number of amides is 1. The molecule has 7 heteroatoms. The lowest BCUT2D eigenvalue weighted by Gasteiger charge is -2.20. The normalized spacial score (nSPS) is 10.9. The van der Waals surface area contributed by atoms with Crippen LogP contribution in [0.1, 0.15) is 41.3 Å². The molecule has 0 radical (unpaired) electrons. The molecule has 3 rings (SSSR count). The van der Waals surface area contributed by atoms with E-state index >= 15 is 0 Å². The van der Waals surface area contributed by atoms with E-state index in [0.29, 0.717) is 33.7 Å². The number of hydrogen-bond acceptors (Lipinski definition) is 4. The molecule has 0 unspecified atom stereocenters. The molecule has 0 saturated carbocycles. The van der Waals surface area contributed by atoms with Crippen molar-refractivity contribution in [3.63, 3.8) is 0 Å². The quantitative estimate of drug-likeness (QED) is 0.292. The van der Waals surface area contributed by atoms with Gasteiger partial charge in [-0.05, 0) is 66.3 Å². The average molecular weight is 504 g/mol. The van der Waals surface area contributed by atoms with Crippen molar-refractivity contribution >= 4 is 40.9 Å². The summed E-state index contributed by atoms with van der Waals surface area (Å²) in [5.74, 6) is 1.94. The van der Waals surface area contributed by atoms with E-state index < -0.39 is 0 Å². The van der Waals surface area contributed by atoms with Crippen LogP contribution in [0.5, 0.6) is 17.2 Å². The molecule has 4 nitrogen and oxygen atoms in total. The summed E-state index contributed by atoms with van der Waals surface area (Å²) in [6.07, 6.45) is 2.00. The van der Waals surface area contributed by atoms with Crippen molar-refractivity contribution in [2.24, 2.45) is 0 Å². The van der Waals surface area contributed by atoms with Gasteiger partial charge >= 0.3 is 0 Å². The maximum Gasteiger partial charge on any atom is 0.253 e. The zero-order valence-corrected chi connectivity index (χ0v) is 21.6. The average Bonchev–Trinajstić information content (AvgIpc) is 2.82. The maximum atomic E-state index is 12.9. The number of ether oxygens (including phenoxy) is 2. The topological polar surface area (TPSA) is 38.8 Å². The predicted molar refractivity (Wildman–Crippen MR) is 138 cm³/mol. The summed E-state index contributed by atoms with van der Waals surface area (Å²) < 4.78 is 11.5. The summed E-state index contributed by atoms with van der Waals surface area (Å²) in [4.78, 5) is 15.6. The van der Waals surface area contributed by atoms with Crippen LogP contribution in [0.2, 0.25) is 10.0 Å². The number of methoxy groups -OCH3 is 1. The van der Waals surface area contributed by atoms with Gasteiger partial charge in [-0.25, -0.2) is 0 Å². The van der Waals surface area contributed by atoms with Gasteiger partial charge in [0.25, 0.3) is 5.91 Å². The minimum atomic E-state index is -0.0899. The van der Waals surface area contributed by atoms with Gasteiger partial charge in [-0.3, -0.25) is 4.79 Å². The highest BCUT2D eigenvalue weighted by Gasteiger charge is 2.18. The van der Waals surface area contributed by atoms with Gasteiger partial charge in [0.1, 0.15) is 11.5 Å². The van der Waals surface area contributed by atoms with Gasteiger partial charge in [-0.15, -0.1) is 11.8 Å². The minimum Gasteiger partial charge on any atom is -0.496 e. The zero-order valence-electron chi connectivity index (χ0n) is 19.3. The number of thioether (sulfide) groups is 1. The number of nitrogens with zero attached hydrogens (tertiary/aromatic N) is 1. The molecule has 3 aromatic carbocycles. The van der Waals surface area contributed by atoms with Gasteiger partial charge in [-0.1, -0.05) is 43.1 Å². The Morgan fingerprint density at radius 1 is 1.06 bits per heavy atom. The lowest BCUT2D eigenvalue weighted by molar-refractivity contribution is 0.0785. The molecule has 0 aliphatic rings. The molecule has 0 aliphatic carbocycles. The predicted octanol–water partition coefficient (Wildman–Crippen LogP) is 7.91. The molecule has 0 saturated heterocycles. The highest BCUT2D eigenvalue weighted by molar-refractivity contribution is 7.98. The Kier molecular flexibility index (Phi) is 8.57. The summed E-state index contributed by atoms with van der Waals surface area (Å²) in [7, 11) is 3.39. The third-order valence-electron chi connectivity index (χ3n) is 5.26. The van der Waals surface area contributed by atoms with Crippen LogP contribution in [-0.4, -0.2) is 31.2 Å². The first kappa shape index (κ1) is 25.3. The van der Waals surface area contributed by atoms with E-state index in [4.69, 9.17) is 32.7 Å². The van der Waals surface area contributed by atoms with Crippen molar-refractivity contribution in [1.29, 1.82) is 0 Å². The van der Waals surface area contributed by atoms with Crippen molar-refractivity contribution in [3.05, 3.63) is 81.3 Å². The lowest BCUT2D eigenvalue weighted by Crippen LogP contribution is -2.26. The number of rotatable bonds is 8. The van der Waals surface area contributed by atoms with E-state index in [1.165, 1.54) is 0 Å². The Balaban J connectivity index is 1.83. The highest BCUT2D eigenvalue weighted by Crippen LogP contribution is 2.40. The van der Waals surface area contributed by atoms with Gasteiger partial charge in [0.2, 0.25) is 0 Å². The summed E-state index contributed by atoms with van der Waals surface area (Å²) in [5.41, 5.74) is 2.39. The van der Waals surface area contributed by atoms with Crippen LogP contribution in [0.15, 0.2) is 59.5 Å². The summed E-state index contributed by atoms with van der Waals surface area (Å²) in [6.45, 7) is 4.49. The first-order valence-electron chi connectivity index (χ1n) is 10.5. The lowest BCUT2D eigenvalue weighted by atomic mass is 10.0. The second kappa shape index (κ2) is 11.2. The highest BCUT2D eigenvalue weighted by atomic mass is 35.5. The first-order chi connectivity index (χ1) is 15.7. The Bertz CT molecular complexity index is 1130. The Morgan fingerprint density at radius 3 is 2.36 bits per heavy atom.